The van der Waals surface area contributed by atoms with Gasteiger partial charge in [-0.2, -0.15) is 5.26 Å². The Kier molecular flexibility index (Phi) is 9.16. The van der Waals surface area contributed by atoms with Crippen molar-refractivity contribution in [3.8, 4) is 6.07 Å². The molecular formula is C25H34N4O2S2. The van der Waals surface area contributed by atoms with Crippen molar-refractivity contribution in [3.63, 3.8) is 0 Å². The fraction of sp³-hybridized carbons (Fsp3) is 0.600. The number of nitrogens with zero attached hydrogens (tertiary/aromatic N) is 4. The maximum Gasteiger partial charge on any atom is 0.270 e. The highest BCUT2D eigenvalue weighted by Gasteiger charge is 2.32. The standard InChI is InChI=1S/C25H34N4O2S2/c1-4-5-6-7-8-12-15-29-24(31)21(33-25(29)32)16-19-18(2)20(17-26)23(30)27(3)22(19)28-13-10-9-11-14-28/h16H,4-15H2,1-3H3. The number of amides is 1. The van der Waals surface area contributed by atoms with Gasteiger partial charge in [0.1, 0.15) is 21.8 Å². The van der Waals surface area contributed by atoms with Crippen LogP contribution in [0.25, 0.3) is 6.08 Å². The van der Waals surface area contributed by atoms with Gasteiger partial charge in [-0.3, -0.25) is 19.1 Å². The number of piperidine rings is 1. The number of nitriles is 1. The van der Waals surface area contributed by atoms with Gasteiger partial charge < -0.3 is 4.90 Å². The van der Waals surface area contributed by atoms with Crippen molar-refractivity contribution in [2.45, 2.75) is 71.6 Å². The lowest BCUT2D eigenvalue weighted by Gasteiger charge is -2.32. The Balaban J connectivity index is 1.89. The molecule has 1 aromatic heterocycles. The van der Waals surface area contributed by atoms with Crippen LogP contribution in [0.5, 0.6) is 0 Å². The minimum absolute atomic E-state index is 0.0742. The Hall–Kier alpha value is -2.11. The second-order valence-corrected chi connectivity index (χ2v) is 10.5. The molecular weight excluding hydrogens is 452 g/mol. The molecule has 0 N–H and O–H groups in total. The number of hydrogen-bond donors (Lipinski definition) is 0. The number of thioether (sulfide) groups is 1. The third-order valence-electron chi connectivity index (χ3n) is 6.51. The SMILES string of the molecule is CCCCCCCCN1C(=O)C(=Cc2c(C)c(C#N)c(=O)n(C)c2N2CCCCC2)SC1=S. The summed E-state index contributed by atoms with van der Waals surface area (Å²) < 4.78 is 2.15. The molecule has 3 rings (SSSR count). The number of carbonyl (C=O) groups excluding carboxylic acids is 1. The lowest BCUT2D eigenvalue weighted by Crippen LogP contribution is -2.36. The molecule has 0 radical (unpaired) electrons. The van der Waals surface area contributed by atoms with Crippen LogP contribution in [0.15, 0.2) is 9.70 Å². The molecule has 2 fully saturated rings. The number of thiocarbonyl (C=S) groups is 1. The quantitative estimate of drug-likeness (QED) is 0.274. The molecule has 3 heterocycles. The molecule has 178 valence electrons. The van der Waals surface area contributed by atoms with E-state index < -0.39 is 0 Å². The largest absolute Gasteiger partial charge is 0.357 e. The number of rotatable bonds is 9. The van der Waals surface area contributed by atoms with Gasteiger partial charge in [-0.05, 0) is 44.2 Å². The topological polar surface area (TPSA) is 69.3 Å². The summed E-state index contributed by atoms with van der Waals surface area (Å²) in [4.78, 5) is 30.5. The van der Waals surface area contributed by atoms with Crippen molar-refractivity contribution >= 4 is 46.1 Å². The number of hydrogen-bond acceptors (Lipinski definition) is 6. The first-order valence-corrected chi connectivity index (χ1v) is 13.3. The first-order chi connectivity index (χ1) is 15.9. The molecule has 1 aromatic rings. The van der Waals surface area contributed by atoms with Gasteiger partial charge in [-0.1, -0.05) is 63.0 Å². The van der Waals surface area contributed by atoms with Crippen LogP contribution in [-0.2, 0) is 11.8 Å². The van der Waals surface area contributed by atoms with Gasteiger partial charge in [0.05, 0.1) is 4.91 Å². The molecule has 1 amide bonds. The molecule has 2 aliphatic heterocycles. The maximum atomic E-state index is 13.2. The molecule has 0 bridgehead atoms. The van der Waals surface area contributed by atoms with Crippen molar-refractivity contribution < 1.29 is 4.79 Å². The van der Waals surface area contributed by atoms with Crippen LogP contribution < -0.4 is 10.5 Å². The van der Waals surface area contributed by atoms with Gasteiger partial charge >= 0.3 is 0 Å². The van der Waals surface area contributed by atoms with Gasteiger partial charge in [-0.15, -0.1) is 0 Å². The molecule has 0 saturated carbocycles. The van der Waals surface area contributed by atoms with E-state index in [0.29, 0.717) is 21.3 Å². The second kappa shape index (κ2) is 11.8. The van der Waals surface area contributed by atoms with Crippen molar-refractivity contribution in [3.05, 3.63) is 31.9 Å². The fourth-order valence-corrected chi connectivity index (χ4v) is 5.86. The lowest BCUT2D eigenvalue weighted by molar-refractivity contribution is -0.122. The molecule has 2 aliphatic rings. The summed E-state index contributed by atoms with van der Waals surface area (Å²) in [7, 11) is 1.72. The third-order valence-corrected chi connectivity index (χ3v) is 7.89. The lowest BCUT2D eigenvalue weighted by atomic mass is 10.0. The van der Waals surface area contributed by atoms with Crippen LogP contribution in [0.4, 0.5) is 5.82 Å². The summed E-state index contributed by atoms with van der Waals surface area (Å²) >= 11 is 6.84. The van der Waals surface area contributed by atoms with Crippen LogP contribution >= 0.6 is 24.0 Å². The van der Waals surface area contributed by atoms with Gasteiger partial charge in [0.15, 0.2) is 0 Å². The maximum absolute atomic E-state index is 13.2. The van der Waals surface area contributed by atoms with Gasteiger partial charge in [-0.25, -0.2) is 0 Å². The van der Waals surface area contributed by atoms with E-state index in [0.717, 1.165) is 50.2 Å². The van der Waals surface area contributed by atoms with Crippen LogP contribution in [0.2, 0.25) is 0 Å². The highest BCUT2D eigenvalue weighted by atomic mass is 32.2. The summed E-state index contributed by atoms with van der Waals surface area (Å²) in [5.74, 6) is 0.715. The van der Waals surface area contributed by atoms with E-state index in [1.165, 1.54) is 43.9 Å². The van der Waals surface area contributed by atoms with Gasteiger partial charge in [0, 0.05) is 32.2 Å². The van der Waals surface area contributed by atoms with E-state index in [1.807, 2.05) is 6.08 Å². The average Bonchev–Trinajstić information content (AvgIpc) is 3.08. The highest BCUT2D eigenvalue weighted by molar-refractivity contribution is 8.26. The summed E-state index contributed by atoms with van der Waals surface area (Å²) in [6, 6.07) is 2.07. The first-order valence-electron chi connectivity index (χ1n) is 12.0. The highest BCUT2D eigenvalue weighted by Crippen LogP contribution is 2.36. The third kappa shape index (κ3) is 5.70. The molecule has 0 unspecified atom stereocenters. The van der Waals surface area contributed by atoms with Gasteiger partial charge in [0.25, 0.3) is 11.5 Å². The molecule has 2 saturated heterocycles. The average molecular weight is 487 g/mol. The Morgan fingerprint density at radius 3 is 2.42 bits per heavy atom. The number of carbonyl (C=O) groups is 1. The van der Waals surface area contributed by atoms with Crippen molar-refractivity contribution in [1.29, 1.82) is 5.26 Å². The summed E-state index contributed by atoms with van der Waals surface area (Å²) in [6.07, 6.45) is 12.1. The van der Waals surface area contributed by atoms with Crippen molar-refractivity contribution in [2.75, 3.05) is 24.5 Å². The molecule has 0 atom stereocenters. The van der Waals surface area contributed by atoms with E-state index in [4.69, 9.17) is 12.2 Å². The van der Waals surface area contributed by atoms with Crippen LogP contribution in [0.1, 0.15) is 81.4 Å². The predicted molar refractivity (Wildman–Crippen MR) is 140 cm³/mol. The zero-order chi connectivity index (χ0) is 24.0. The normalized spacial score (nSPS) is 17.8. The predicted octanol–water partition coefficient (Wildman–Crippen LogP) is 5.12. The summed E-state index contributed by atoms with van der Waals surface area (Å²) in [6.45, 7) is 6.37. The first kappa shape index (κ1) is 25.5. The van der Waals surface area contributed by atoms with E-state index in [1.54, 1.807) is 23.4 Å². The molecule has 6 nitrogen and oxygen atoms in total. The smallest absolute Gasteiger partial charge is 0.270 e. The second-order valence-electron chi connectivity index (χ2n) is 8.86. The van der Waals surface area contributed by atoms with Crippen LogP contribution in [0.3, 0.4) is 0 Å². The number of anilines is 1. The molecule has 33 heavy (non-hydrogen) atoms. The van der Waals surface area contributed by atoms with E-state index in [9.17, 15) is 14.9 Å². The fourth-order valence-electron chi connectivity index (χ4n) is 4.57. The summed E-state index contributed by atoms with van der Waals surface area (Å²) in [5, 5.41) is 9.62. The Morgan fingerprint density at radius 2 is 1.76 bits per heavy atom. The monoisotopic (exact) mass is 486 g/mol. The molecule has 8 heteroatoms. The number of unbranched alkanes of at least 4 members (excludes halogenated alkanes) is 5. The zero-order valence-corrected chi connectivity index (χ0v) is 21.6. The van der Waals surface area contributed by atoms with Crippen molar-refractivity contribution in [1.82, 2.24) is 9.47 Å². The van der Waals surface area contributed by atoms with E-state index in [2.05, 4.69) is 17.9 Å². The molecule has 0 spiro atoms. The van der Waals surface area contributed by atoms with Crippen molar-refractivity contribution in [2.24, 2.45) is 7.05 Å². The Bertz CT molecular complexity index is 1030. The van der Waals surface area contributed by atoms with E-state index >= 15 is 0 Å². The Labute approximate surface area is 206 Å². The number of pyridine rings is 1. The Morgan fingerprint density at radius 1 is 1.09 bits per heavy atom. The van der Waals surface area contributed by atoms with E-state index in [-0.39, 0.29) is 17.0 Å². The molecule has 0 aromatic carbocycles. The molecule has 0 aliphatic carbocycles. The zero-order valence-electron chi connectivity index (χ0n) is 20.0. The number of aromatic nitrogens is 1. The summed E-state index contributed by atoms with van der Waals surface area (Å²) in [5.41, 5.74) is 1.24. The van der Waals surface area contributed by atoms with Gasteiger partial charge in [0.2, 0.25) is 0 Å². The minimum atomic E-state index is -0.289. The minimum Gasteiger partial charge on any atom is -0.357 e. The van der Waals surface area contributed by atoms with Crippen LogP contribution in [0, 0.1) is 18.3 Å². The van der Waals surface area contributed by atoms with Crippen LogP contribution in [-0.4, -0.2) is 39.3 Å².